The SMILES string of the molecule is Cc1[nH]nc2cc(C3=CCC4C3(C)CCC3(F)CC5C(O)C(O)C(N(C)C)CC56CCC43O6)ccc12. The van der Waals surface area contributed by atoms with Gasteiger partial charge in [0.05, 0.1) is 23.3 Å². The highest BCUT2D eigenvalue weighted by atomic mass is 19.1. The third-order valence-electron chi connectivity index (χ3n) is 11.3. The molecule has 5 aliphatic rings. The summed E-state index contributed by atoms with van der Waals surface area (Å²) in [4.78, 5) is 1.98. The molecular formula is C29H38FN3O3. The summed E-state index contributed by atoms with van der Waals surface area (Å²) in [7, 11) is 3.88. The number of rotatable bonds is 2. The van der Waals surface area contributed by atoms with Crippen LogP contribution in [0.25, 0.3) is 16.5 Å². The van der Waals surface area contributed by atoms with Gasteiger partial charge in [-0.3, -0.25) is 5.10 Å². The Kier molecular flexibility index (Phi) is 4.66. The Morgan fingerprint density at radius 2 is 1.92 bits per heavy atom. The number of nitrogens with zero attached hydrogens (tertiary/aromatic N) is 2. The van der Waals surface area contributed by atoms with E-state index in [0.29, 0.717) is 19.3 Å². The molecule has 1 aromatic carbocycles. The van der Waals surface area contributed by atoms with Crippen LogP contribution < -0.4 is 0 Å². The standard InChI is InChI=1S/C29H38FN3O3/c1-16-18-6-5-17(13-21(18)32-31-16)19-7-8-23-26(19,2)9-11-28(30)14-20-24(34)25(35)22(33(3)4)15-27(20)10-12-29(23,28)36-27/h5-7,13,20,22-25,34-35H,8-12,14-15H2,1-4H3,(H,31,32). The van der Waals surface area contributed by atoms with Gasteiger partial charge in [-0.1, -0.05) is 25.1 Å². The van der Waals surface area contributed by atoms with Gasteiger partial charge in [0.25, 0.3) is 0 Å². The molecule has 9 unspecified atom stereocenters. The van der Waals surface area contributed by atoms with E-state index in [1.165, 1.54) is 11.1 Å². The molecule has 194 valence electrons. The fraction of sp³-hybridized carbons (Fsp3) is 0.690. The van der Waals surface area contributed by atoms with E-state index in [-0.39, 0.29) is 29.7 Å². The number of aromatic nitrogens is 2. The van der Waals surface area contributed by atoms with Crippen LogP contribution in [0, 0.1) is 24.2 Å². The molecule has 0 amide bonds. The van der Waals surface area contributed by atoms with Crippen LogP contribution in [0.2, 0.25) is 0 Å². The first-order chi connectivity index (χ1) is 17.0. The second-order valence-electron chi connectivity index (χ2n) is 13.0. The zero-order valence-electron chi connectivity index (χ0n) is 21.7. The number of H-pyrrole nitrogens is 1. The smallest absolute Gasteiger partial charge is 0.140 e. The quantitative estimate of drug-likeness (QED) is 0.583. The minimum absolute atomic E-state index is 0.0532. The summed E-state index contributed by atoms with van der Waals surface area (Å²) in [6.07, 6.45) is 4.81. The lowest BCUT2D eigenvalue weighted by molar-refractivity contribution is -0.314. The van der Waals surface area contributed by atoms with Crippen molar-refractivity contribution in [2.24, 2.45) is 17.3 Å². The van der Waals surface area contributed by atoms with E-state index in [2.05, 4.69) is 41.4 Å². The Balaban J connectivity index is 1.27. The minimum Gasteiger partial charge on any atom is -0.390 e. The van der Waals surface area contributed by atoms with Gasteiger partial charge in [0, 0.05) is 29.0 Å². The third-order valence-corrected chi connectivity index (χ3v) is 11.3. The number of likely N-dealkylation sites (N-methyl/N-ethyl adjacent to an activating group) is 1. The molecule has 2 saturated heterocycles. The van der Waals surface area contributed by atoms with Gasteiger partial charge in [-0.25, -0.2) is 4.39 Å². The molecule has 3 aliphatic carbocycles. The topological polar surface area (TPSA) is 81.6 Å². The molecule has 1 aromatic heterocycles. The number of allylic oxidation sites excluding steroid dienone is 2. The Morgan fingerprint density at radius 1 is 1.11 bits per heavy atom. The first-order valence-electron chi connectivity index (χ1n) is 13.6. The molecule has 2 aromatic rings. The highest BCUT2D eigenvalue weighted by molar-refractivity contribution is 5.86. The van der Waals surface area contributed by atoms with Gasteiger partial charge >= 0.3 is 0 Å². The number of alkyl halides is 1. The summed E-state index contributed by atoms with van der Waals surface area (Å²) >= 11 is 0. The molecule has 2 bridgehead atoms. The van der Waals surface area contributed by atoms with Crippen molar-refractivity contribution in [3.8, 4) is 0 Å². The average molecular weight is 496 g/mol. The number of aliphatic hydroxyl groups excluding tert-OH is 2. The number of aliphatic hydroxyl groups is 2. The van der Waals surface area contributed by atoms with Gasteiger partial charge < -0.3 is 19.8 Å². The third kappa shape index (κ3) is 2.68. The van der Waals surface area contributed by atoms with E-state index in [0.717, 1.165) is 35.9 Å². The number of aromatic amines is 1. The van der Waals surface area contributed by atoms with Crippen molar-refractivity contribution in [3.05, 3.63) is 35.5 Å². The first-order valence-corrected chi connectivity index (χ1v) is 13.6. The maximum atomic E-state index is 17.2. The van der Waals surface area contributed by atoms with Gasteiger partial charge in [-0.05, 0) is 88.6 Å². The van der Waals surface area contributed by atoms with Crippen molar-refractivity contribution in [2.75, 3.05) is 14.1 Å². The van der Waals surface area contributed by atoms with Crippen molar-refractivity contribution in [1.29, 1.82) is 0 Å². The highest BCUT2D eigenvalue weighted by Gasteiger charge is 2.77. The molecule has 2 spiro atoms. The van der Waals surface area contributed by atoms with E-state index in [9.17, 15) is 10.2 Å². The maximum Gasteiger partial charge on any atom is 0.140 e. The lowest BCUT2D eigenvalue weighted by Crippen LogP contribution is -2.72. The molecule has 4 fully saturated rings. The lowest BCUT2D eigenvalue weighted by atomic mass is 9.51. The van der Waals surface area contributed by atoms with Gasteiger partial charge in [-0.2, -0.15) is 5.10 Å². The van der Waals surface area contributed by atoms with Crippen molar-refractivity contribution >= 4 is 16.5 Å². The normalized spacial score (nSPS) is 47.6. The zero-order valence-corrected chi connectivity index (χ0v) is 21.7. The number of hydrogen-bond donors (Lipinski definition) is 3. The lowest BCUT2D eigenvalue weighted by Gasteiger charge is -2.64. The van der Waals surface area contributed by atoms with E-state index in [1.54, 1.807) is 0 Å². The summed E-state index contributed by atoms with van der Waals surface area (Å²) in [5.74, 6) is -0.315. The fourth-order valence-electron chi connectivity index (χ4n) is 9.32. The molecule has 2 aliphatic heterocycles. The molecule has 7 rings (SSSR count). The number of hydrogen-bond acceptors (Lipinski definition) is 5. The molecule has 9 atom stereocenters. The highest BCUT2D eigenvalue weighted by Crippen LogP contribution is 2.72. The van der Waals surface area contributed by atoms with Crippen LogP contribution in [0.15, 0.2) is 24.3 Å². The number of halogens is 1. The predicted molar refractivity (Wildman–Crippen MR) is 136 cm³/mol. The van der Waals surface area contributed by atoms with Crippen LogP contribution in [-0.2, 0) is 4.74 Å². The Morgan fingerprint density at radius 3 is 2.69 bits per heavy atom. The minimum atomic E-state index is -1.49. The molecule has 0 radical (unpaired) electrons. The summed E-state index contributed by atoms with van der Waals surface area (Å²) in [6, 6.07) is 6.30. The molecule has 2 saturated carbocycles. The van der Waals surface area contributed by atoms with E-state index < -0.39 is 29.1 Å². The fourth-order valence-corrected chi connectivity index (χ4v) is 9.32. The molecule has 7 heteroatoms. The molecule has 6 nitrogen and oxygen atoms in total. The van der Waals surface area contributed by atoms with Gasteiger partial charge in [0.15, 0.2) is 0 Å². The summed E-state index contributed by atoms with van der Waals surface area (Å²) in [6.45, 7) is 4.35. The van der Waals surface area contributed by atoms with Crippen LogP contribution in [0.1, 0.15) is 63.1 Å². The number of ether oxygens (including phenoxy) is 1. The summed E-state index contributed by atoms with van der Waals surface area (Å²) in [5, 5.41) is 30.8. The van der Waals surface area contributed by atoms with Gasteiger partial charge in [0.2, 0.25) is 0 Å². The van der Waals surface area contributed by atoms with Crippen molar-refractivity contribution < 1.29 is 19.3 Å². The average Bonchev–Trinajstić information content (AvgIpc) is 3.50. The molecular weight excluding hydrogens is 457 g/mol. The Bertz CT molecular complexity index is 1280. The van der Waals surface area contributed by atoms with Crippen LogP contribution in [0.4, 0.5) is 4.39 Å². The van der Waals surface area contributed by atoms with Crippen molar-refractivity contribution in [1.82, 2.24) is 15.1 Å². The number of aryl methyl sites for hydroxylation is 1. The second-order valence-corrected chi connectivity index (χ2v) is 13.0. The molecule has 36 heavy (non-hydrogen) atoms. The van der Waals surface area contributed by atoms with Crippen molar-refractivity contribution in [2.45, 2.75) is 93.9 Å². The largest absolute Gasteiger partial charge is 0.390 e. The number of nitrogens with one attached hydrogen (secondary N) is 1. The summed E-state index contributed by atoms with van der Waals surface area (Å²) < 4.78 is 24.3. The summed E-state index contributed by atoms with van der Waals surface area (Å²) in [5.41, 5.74) is 1.41. The monoisotopic (exact) mass is 495 g/mol. The molecule has 3 N–H and O–H groups in total. The Labute approximate surface area is 211 Å². The maximum absolute atomic E-state index is 17.2. The van der Waals surface area contributed by atoms with Crippen LogP contribution in [-0.4, -0.2) is 74.5 Å². The van der Waals surface area contributed by atoms with Gasteiger partial charge in [0.1, 0.15) is 11.3 Å². The predicted octanol–water partition coefficient (Wildman–Crippen LogP) is 4.15. The zero-order chi connectivity index (χ0) is 25.3. The molecule has 3 heterocycles. The number of benzene rings is 1. The first kappa shape index (κ1) is 23.3. The van der Waals surface area contributed by atoms with Crippen LogP contribution in [0.3, 0.4) is 0 Å². The van der Waals surface area contributed by atoms with E-state index >= 15 is 4.39 Å². The number of fused-ring (bicyclic) bond motifs is 2. The van der Waals surface area contributed by atoms with Crippen LogP contribution >= 0.6 is 0 Å². The second kappa shape index (κ2) is 7.19. The van der Waals surface area contributed by atoms with E-state index in [1.807, 2.05) is 25.9 Å². The Hall–Kier alpha value is -1.80. The van der Waals surface area contributed by atoms with Crippen molar-refractivity contribution in [3.63, 3.8) is 0 Å². The van der Waals surface area contributed by atoms with E-state index in [4.69, 9.17) is 4.74 Å². The van der Waals surface area contributed by atoms with Gasteiger partial charge in [-0.15, -0.1) is 0 Å². The van der Waals surface area contributed by atoms with Crippen LogP contribution in [0.5, 0.6) is 0 Å².